The first kappa shape index (κ1) is 10.5. The van der Waals surface area contributed by atoms with Crippen LogP contribution in [0.3, 0.4) is 0 Å². The molecule has 0 unspecified atom stereocenters. The van der Waals surface area contributed by atoms with Crippen LogP contribution in [0.4, 0.5) is 0 Å². The van der Waals surface area contributed by atoms with Gasteiger partial charge in [-0.25, -0.2) is 0 Å². The number of piperazine rings is 1. The largest absolute Gasteiger partial charge is 0.332 e. The third kappa shape index (κ3) is 2.47. The number of carbonyl (C=O) groups excluding carboxylic acids is 2. The molecule has 1 aliphatic heterocycles. The molecule has 7 heteroatoms. The lowest BCUT2D eigenvalue weighted by Crippen LogP contribution is -2.52. The van der Waals surface area contributed by atoms with Crippen molar-refractivity contribution in [3.05, 3.63) is 0 Å². The van der Waals surface area contributed by atoms with Crippen molar-refractivity contribution >= 4 is 28.7 Å². The van der Waals surface area contributed by atoms with Crippen LogP contribution in [0.25, 0.3) is 0 Å². The zero-order chi connectivity index (χ0) is 10.6. The molecule has 14 heavy (non-hydrogen) atoms. The van der Waals surface area contributed by atoms with Gasteiger partial charge in [-0.1, -0.05) is 11.8 Å². The highest BCUT2D eigenvalue weighted by Crippen LogP contribution is 2.06. The van der Waals surface area contributed by atoms with E-state index in [-0.39, 0.29) is 24.9 Å². The number of hydrogen-bond donors (Lipinski definition) is 1. The van der Waals surface area contributed by atoms with Crippen LogP contribution in [0, 0.1) is 11.5 Å². The van der Waals surface area contributed by atoms with Gasteiger partial charge in [-0.15, -0.1) is 4.99 Å². The predicted octanol–water partition coefficient (Wildman–Crippen LogP) is -0.855. The minimum absolute atomic E-state index is 0.0626. The van der Waals surface area contributed by atoms with E-state index in [1.165, 1.54) is 16.7 Å². The van der Waals surface area contributed by atoms with Crippen molar-refractivity contribution < 1.29 is 9.59 Å². The average Bonchev–Trinajstić information content (AvgIpc) is 2.12. The molecule has 0 spiro atoms. The lowest BCUT2D eigenvalue weighted by atomic mass is 10.4. The normalized spacial score (nSPS) is 17.7. The zero-order valence-corrected chi connectivity index (χ0v) is 8.30. The van der Waals surface area contributed by atoms with Gasteiger partial charge in [-0.2, -0.15) is 5.26 Å². The number of hydrogen-bond acceptors (Lipinski definition) is 5. The fraction of sp³-hybridized carbons (Fsp3) is 0.429. The Morgan fingerprint density at radius 1 is 1.57 bits per heavy atom. The van der Waals surface area contributed by atoms with E-state index >= 15 is 0 Å². The quantitative estimate of drug-likeness (QED) is 0.244. The van der Waals surface area contributed by atoms with Gasteiger partial charge in [-0.05, 0) is 6.26 Å². The van der Waals surface area contributed by atoms with Gasteiger partial charge >= 0.3 is 0 Å². The molecule has 0 aliphatic carbocycles. The van der Waals surface area contributed by atoms with Gasteiger partial charge in [0.15, 0.2) is 5.17 Å². The average molecular weight is 212 g/mol. The molecule has 1 aliphatic rings. The molecule has 0 aromatic rings. The summed E-state index contributed by atoms with van der Waals surface area (Å²) in [4.78, 5) is 27.0. The Hall–Kier alpha value is -1.55. The lowest BCUT2D eigenvalue weighted by Gasteiger charge is -2.26. The van der Waals surface area contributed by atoms with Crippen molar-refractivity contribution in [2.24, 2.45) is 4.99 Å². The third-order valence-corrected chi connectivity index (χ3v) is 2.26. The Kier molecular flexibility index (Phi) is 3.48. The van der Waals surface area contributed by atoms with E-state index in [9.17, 15) is 9.59 Å². The minimum Gasteiger partial charge on any atom is -0.332 e. The summed E-state index contributed by atoms with van der Waals surface area (Å²) in [5, 5.41) is 10.9. The van der Waals surface area contributed by atoms with Crippen LogP contribution >= 0.6 is 11.8 Å². The van der Waals surface area contributed by atoms with Gasteiger partial charge in [0.25, 0.3) is 0 Å². The molecular weight excluding hydrogens is 204 g/mol. The molecule has 0 bridgehead atoms. The van der Waals surface area contributed by atoms with Crippen molar-refractivity contribution in [2.75, 3.05) is 19.3 Å². The number of amides is 2. The predicted molar refractivity (Wildman–Crippen MR) is 51.3 cm³/mol. The Labute approximate surface area is 85.0 Å². The van der Waals surface area contributed by atoms with Gasteiger partial charge in [0.2, 0.25) is 18.0 Å². The van der Waals surface area contributed by atoms with Crippen LogP contribution in [0.2, 0.25) is 0 Å². The fourth-order valence-corrected chi connectivity index (χ4v) is 1.58. The molecule has 1 heterocycles. The van der Waals surface area contributed by atoms with E-state index in [1.54, 1.807) is 12.4 Å². The molecule has 0 aromatic heterocycles. The maximum atomic E-state index is 11.0. The first-order chi connectivity index (χ1) is 6.67. The summed E-state index contributed by atoms with van der Waals surface area (Å²) < 4.78 is 0. The molecule has 6 nitrogen and oxygen atoms in total. The van der Waals surface area contributed by atoms with E-state index < -0.39 is 0 Å². The van der Waals surface area contributed by atoms with E-state index in [0.29, 0.717) is 5.17 Å². The fourth-order valence-electron chi connectivity index (χ4n) is 1.06. The Morgan fingerprint density at radius 3 is 2.57 bits per heavy atom. The molecular formula is C7H8N4O2S. The molecule has 0 saturated carbocycles. The molecule has 1 rings (SSSR count). The van der Waals surface area contributed by atoms with Gasteiger partial charge in [0.05, 0.1) is 13.1 Å². The van der Waals surface area contributed by atoms with Gasteiger partial charge in [-0.3, -0.25) is 14.9 Å². The molecule has 0 radical (unpaired) electrons. The topological polar surface area (TPSA) is 85.6 Å². The molecule has 1 N–H and O–H groups in total. The Bertz CT molecular complexity index is 317. The molecule has 0 atom stereocenters. The number of amidine groups is 1. The number of nitrogens with zero attached hydrogens (tertiary/aromatic N) is 3. The Morgan fingerprint density at radius 2 is 2.14 bits per heavy atom. The third-order valence-electron chi connectivity index (χ3n) is 1.55. The summed E-state index contributed by atoms with van der Waals surface area (Å²) in [7, 11) is 0. The molecule has 2 amide bonds. The molecule has 1 fully saturated rings. The molecule has 74 valence electrons. The van der Waals surface area contributed by atoms with Crippen LogP contribution in [0.5, 0.6) is 0 Å². The van der Waals surface area contributed by atoms with Crippen LogP contribution in [-0.4, -0.2) is 41.2 Å². The monoisotopic (exact) mass is 212 g/mol. The van der Waals surface area contributed by atoms with Gasteiger partial charge < -0.3 is 4.90 Å². The highest BCUT2D eigenvalue weighted by molar-refractivity contribution is 8.13. The van der Waals surface area contributed by atoms with Crippen molar-refractivity contribution in [3.63, 3.8) is 0 Å². The maximum Gasteiger partial charge on any atom is 0.246 e. The lowest BCUT2D eigenvalue weighted by molar-refractivity contribution is -0.134. The number of nitriles is 1. The second-order valence-corrected chi connectivity index (χ2v) is 3.30. The van der Waals surface area contributed by atoms with Crippen molar-refractivity contribution in [3.8, 4) is 6.19 Å². The summed E-state index contributed by atoms with van der Waals surface area (Å²) in [6.45, 7) is 0.125. The molecule has 1 saturated heterocycles. The van der Waals surface area contributed by atoms with Crippen LogP contribution in [-0.2, 0) is 9.59 Å². The minimum atomic E-state index is -0.374. The van der Waals surface area contributed by atoms with Gasteiger partial charge in [0, 0.05) is 0 Å². The number of aliphatic imine (C=N–C) groups is 1. The van der Waals surface area contributed by atoms with Crippen LogP contribution in [0.15, 0.2) is 4.99 Å². The number of thioether (sulfide) groups is 1. The van der Waals surface area contributed by atoms with Gasteiger partial charge in [0.1, 0.15) is 0 Å². The standard InChI is InChI=1S/C7H8N4O2S/c1-14-7(9-4-8)11-2-5(12)10-6(13)3-11/h2-3H2,1H3,(H,10,12,13). The number of imide groups is 1. The van der Waals surface area contributed by atoms with Crippen molar-refractivity contribution in [2.45, 2.75) is 0 Å². The summed E-state index contributed by atoms with van der Waals surface area (Å²) in [6, 6.07) is 0. The first-order valence-corrected chi connectivity index (χ1v) is 4.98. The highest BCUT2D eigenvalue weighted by atomic mass is 32.2. The summed E-state index contributed by atoms with van der Waals surface area (Å²) in [5.41, 5.74) is 0. The second-order valence-electron chi connectivity index (χ2n) is 2.53. The zero-order valence-electron chi connectivity index (χ0n) is 7.48. The van der Waals surface area contributed by atoms with Crippen LogP contribution in [0.1, 0.15) is 0 Å². The summed E-state index contributed by atoms with van der Waals surface area (Å²) in [5.74, 6) is -0.748. The first-order valence-electron chi connectivity index (χ1n) is 3.75. The summed E-state index contributed by atoms with van der Waals surface area (Å²) >= 11 is 1.23. The van der Waals surface area contributed by atoms with Crippen molar-refractivity contribution in [1.29, 1.82) is 5.26 Å². The van der Waals surface area contributed by atoms with E-state index in [1.807, 2.05) is 0 Å². The Balaban J connectivity index is 2.77. The molecule has 0 aromatic carbocycles. The van der Waals surface area contributed by atoms with E-state index in [2.05, 4.69) is 10.3 Å². The second kappa shape index (κ2) is 4.62. The summed E-state index contributed by atoms with van der Waals surface area (Å²) in [6.07, 6.45) is 3.36. The van der Waals surface area contributed by atoms with E-state index in [0.717, 1.165) is 0 Å². The van der Waals surface area contributed by atoms with Crippen molar-refractivity contribution in [1.82, 2.24) is 10.2 Å². The number of rotatable bonds is 0. The van der Waals surface area contributed by atoms with Crippen LogP contribution < -0.4 is 5.32 Å². The number of carbonyl (C=O) groups is 2. The van der Waals surface area contributed by atoms with E-state index in [4.69, 9.17) is 5.26 Å². The number of nitrogens with one attached hydrogen (secondary N) is 1. The smallest absolute Gasteiger partial charge is 0.246 e. The highest BCUT2D eigenvalue weighted by Gasteiger charge is 2.24. The SMILES string of the molecule is CSC(=NC#N)N1CC(=O)NC(=O)C1. The maximum absolute atomic E-state index is 11.0.